The number of hydrogen-bond donors (Lipinski definition) is 0. The van der Waals surface area contributed by atoms with Gasteiger partial charge in [0.05, 0.1) is 29.9 Å². The molecule has 1 atom stereocenters. The molecule has 0 fully saturated rings. The van der Waals surface area contributed by atoms with Gasteiger partial charge in [-0.3, -0.25) is 0 Å². The van der Waals surface area contributed by atoms with Crippen LogP contribution in [0.15, 0.2) is 42.5 Å². The van der Waals surface area contributed by atoms with Gasteiger partial charge < -0.3 is 9.47 Å². The largest absolute Gasteiger partial charge is 0.493 e. The van der Waals surface area contributed by atoms with E-state index in [0.29, 0.717) is 19.3 Å². The summed E-state index contributed by atoms with van der Waals surface area (Å²) in [7, 11) is 0. The zero-order valence-electron chi connectivity index (χ0n) is 20.2. The second-order valence-electron chi connectivity index (χ2n) is 9.13. The molecule has 1 aliphatic carbocycles. The molecule has 0 spiro atoms. The van der Waals surface area contributed by atoms with Crippen molar-refractivity contribution in [2.45, 2.75) is 57.8 Å². The molecule has 2 nitrogen and oxygen atoms in total. The summed E-state index contributed by atoms with van der Waals surface area (Å²) >= 11 is 0. The normalized spacial score (nSPS) is 19.9. The summed E-state index contributed by atoms with van der Waals surface area (Å²) in [5, 5.41) is 0. The lowest BCUT2D eigenvalue weighted by Crippen LogP contribution is -2.41. The first-order chi connectivity index (χ1) is 17.1. The molecule has 194 valence electrons. The minimum Gasteiger partial charge on any atom is -0.493 e. The van der Waals surface area contributed by atoms with E-state index < -0.39 is 51.5 Å². The summed E-state index contributed by atoms with van der Waals surface area (Å²) in [5.74, 6) is -13.4. The molecular formula is C28H28F6O2. The Morgan fingerprint density at radius 3 is 2.22 bits per heavy atom. The summed E-state index contributed by atoms with van der Waals surface area (Å²) in [5.41, 5.74) is -4.25. The van der Waals surface area contributed by atoms with E-state index in [2.05, 4.69) is 0 Å². The fraction of sp³-hybridized carbons (Fsp3) is 0.429. The topological polar surface area (TPSA) is 18.5 Å². The molecule has 2 aliphatic rings. The van der Waals surface area contributed by atoms with Crippen LogP contribution in [0.5, 0.6) is 5.75 Å². The summed E-state index contributed by atoms with van der Waals surface area (Å²) in [6, 6.07) is 4.52. The summed E-state index contributed by atoms with van der Waals surface area (Å²) < 4.78 is 102. The van der Waals surface area contributed by atoms with Gasteiger partial charge in [0.2, 0.25) is 0 Å². The average molecular weight is 511 g/mol. The number of unbranched alkanes of at least 4 members (excludes halogenated alkanes) is 1. The van der Waals surface area contributed by atoms with Crippen molar-refractivity contribution >= 4 is 5.76 Å². The summed E-state index contributed by atoms with van der Waals surface area (Å²) in [6.45, 7) is 4.09. The number of hydrogen-bond acceptors (Lipinski definition) is 2. The van der Waals surface area contributed by atoms with Crippen molar-refractivity contribution in [3.05, 3.63) is 70.8 Å². The van der Waals surface area contributed by atoms with Crippen LogP contribution in [0, 0.1) is 17.6 Å². The molecule has 8 heteroatoms. The first kappa shape index (κ1) is 26.2. The fourth-order valence-electron chi connectivity index (χ4n) is 4.63. The maximum absolute atomic E-state index is 15.5. The summed E-state index contributed by atoms with van der Waals surface area (Å²) in [6.07, 6.45) is 9.05. The van der Waals surface area contributed by atoms with E-state index >= 15 is 26.3 Å². The number of allylic oxidation sites excluding steroid dienone is 3. The highest BCUT2D eigenvalue weighted by molar-refractivity contribution is 5.79. The Labute approximate surface area is 206 Å². The van der Waals surface area contributed by atoms with Crippen molar-refractivity contribution in [2.24, 2.45) is 5.92 Å². The molecule has 4 rings (SSSR count). The number of rotatable bonds is 8. The van der Waals surface area contributed by atoms with E-state index in [1.165, 1.54) is 6.07 Å². The van der Waals surface area contributed by atoms with Gasteiger partial charge in [0.1, 0.15) is 11.6 Å². The van der Waals surface area contributed by atoms with Gasteiger partial charge >= 0.3 is 11.8 Å². The number of ether oxygens (including phenoxy) is 2. The third-order valence-corrected chi connectivity index (χ3v) is 6.67. The van der Waals surface area contributed by atoms with E-state index in [9.17, 15) is 0 Å². The van der Waals surface area contributed by atoms with Crippen LogP contribution in [0.2, 0.25) is 0 Å². The zero-order valence-corrected chi connectivity index (χ0v) is 20.2. The fourth-order valence-corrected chi connectivity index (χ4v) is 4.63. The van der Waals surface area contributed by atoms with E-state index in [0.717, 1.165) is 31.0 Å². The monoisotopic (exact) mass is 510 g/mol. The van der Waals surface area contributed by atoms with Gasteiger partial charge in [-0.25, -0.2) is 8.78 Å². The lowest BCUT2D eigenvalue weighted by Gasteiger charge is -2.36. The Kier molecular flexibility index (Phi) is 7.43. The van der Waals surface area contributed by atoms with E-state index in [1.54, 1.807) is 6.08 Å². The molecule has 36 heavy (non-hydrogen) atoms. The third-order valence-electron chi connectivity index (χ3n) is 6.67. The Morgan fingerprint density at radius 1 is 0.972 bits per heavy atom. The zero-order chi connectivity index (χ0) is 26.1. The first-order valence-corrected chi connectivity index (χ1v) is 12.1. The van der Waals surface area contributed by atoms with Crippen LogP contribution in [0.25, 0.3) is 16.9 Å². The van der Waals surface area contributed by atoms with Crippen molar-refractivity contribution in [3.63, 3.8) is 0 Å². The van der Waals surface area contributed by atoms with Crippen molar-refractivity contribution in [3.8, 4) is 16.9 Å². The lowest BCUT2D eigenvalue weighted by atomic mass is 9.79. The molecule has 0 saturated carbocycles. The number of alkyl halides is 4. The number of benzene rings is 2. The first-order valence-electron chi connectivity index (χ1n) is 12.1. The predicted octanol–water partition coefficient (Wildman–Crippen LogP) is 8.74. The molecule has 1 aliphatic heterocycles. The molecule has 0 bridgehead atoms. The van der Waals surface area contributed by atoms with Crippen LogP contribution >= 0.6 is 0 Å². The third kappa shape index (κ3) is 4.39. The van der Waals surface area contributed by atoms with Gasteiger partial charge in [-0.2, -0.15) is 17.6 Å². The maximum Gasteiger partial charge on any atom is 0.343 e. The summed E-state index contributed by atoms with van der Waals surface area (Å²) in [4.78, 5) is 0. The van der Waals surface area contributed by atoms with E-state index in [1.807, 2.05) is 26.0 Å². The highest BCUT2D eigenvalue weighted by atomic mass is 19.3. The van der Waals surface area contributed by atoms with Crippen LogP contribution in [0.3, 0.4) is 0 Å². The molecule has 0 aromatic heterocycles. The Hall–Kier alpha value is -2.90. The van der Waals surface area contributed by atoms with Crippen LogP contribution in [0.4, 0.5) is 26.3 Å². The highest BCUT2D eigenvalue weighted by Crippen LogP contribution is 2.60. The Morgan fingerprint density at radius 2 is 1.61 bits per heavy atom. The Bertz CT molecular complexity index is 1190. The smallest absolute Gasteiger partial charge is 0.343 e. The molecule has 2 aromatic rings. The molecule has 0 radical (unpaired) electrons. The second kappa shape index (κ2) is 10.2. The quantitative estimate of drug-likeness (QED) is 0.201. The van der Waals surface area contributed by atoms with E-state index in [4.69, 9.17) is 9.47 Å². The van der Waals surface area contributed by atoms with Crippen molar-refractivity contribution in [1.29, 1.82) is 0 Å². The van der Waals surface area contributed by atoms with Crippen LogP contribution < -0.4 is 4.74 Å². The Balaban J connectivity index is 1.75. The van der Waals surface area contributed by atoms with Crippen LogP contribution in [0.1, 0.15) is 62.6 Å². The van der Waals surface area contributed by atoms with Gasteiger partial charge in [0, 0.05) is 0 Å². The van der Waals surface area contributed by atoms with Gasteiger partial charge in [-0.15, -0.1) is 0 Å². The lowest BCUT2D eigenvalue weighted by molar-refractivity contribution is -0.227. The average Bonchev–Trinajstić information content (AvgIpc) is 2.84. The predicted molar refractivity (Wildman–Crippen MR) is 126 cm³/mol. The van der Waals surface area contributed by atoms with Gasteiger partial charge in [-0.05, 0) is 73.9 Å². The SMILES string of the molecule is C/C=C/CCC1CC=C(c2ccc3c(c2F)C(F)(F)C(F)(F)c2c-3ccc(OCCCC)c2F)OC1. The van der Waals surface area contributed by atoms with Crippen LogP contribution in [-0.4, -0.2) is 13.2 Å². The van der Waals surface area contributed by atoms with Crippen molar-refractivity contribution < 1.29 is 35.8 Å². The van der Waals surface area contributed by atoms with Crippen LogP contribution in [-0.2, 0) is 16.6 Å². The minimum absolute atomic E-state index is 0.0355. The minimum atomic E-state index is -5.00. The molecule has 0 N–H and O–H groups in total. The van der Waals surface area contributed by atoms with Crippen molar-refractivity contribution in [1.82, 2.24) is 0 Å². The maximum atomic E-state index is 15.5. The molecular weight excluding hydrogens is 482 g/mol. The molecule has 1 heterocycles. The molecule has 0 saturated heterocycles. The second-order valence-corrected chi connectivity index (χ2v) is 9.13. The van der Waals surface area contributed by atoms with Crippen molar-refractivity contribution in [2.75, 3.05) is 13.2 Å². The standard InChI is InChI=1S/C28H28F6O2/c1-3-5-7-8-17-9-13-21(36-16-17)20-11-10-18-19-12-14-22(35-15-6-4-2)26(30)24(19)28(33,34)27(31,32)23(18)25(20)29/h3,5,10-14,17H,4,6-9,15-16H2,1-2H3/b5-3+. The number of halogens is 6. The highest BCUT2D eigenvalue weighted by Gasteiger charge is 2.65. The van der Waals surface area contributed by atoms with E-state index in [-0.39, 0.29) is 30.5 Å². The molecule has 0 amide bonds. The van der Waals surface area contributed by atoms with Gasteiger partial charge in [0.25, 0.3) is 0 Å². The number of fused-ring (bicyclic) bond motifs is 3. The van der Waals surface area contributed by atoms with Gasteiger partial charge in [0.15, 0.2) is 11.6 Å². The molecule has 1 unspecified atom stereocenters. The molecule has 2 aromatic carbocycles. The van der Waals surface area contributed by atoms with Gasteiger partial charge in [-0.1, -0.05) is 31.6 Å².